The maximum atomic E-state index is 12.2. The van der Waals surface area contributed by atoms with Gasteiger partial charge < -0.3 is 18.9 Å². The number of ether oxygens (including phenoxy) is 4. The summed E-state index contributed by atoms with van der Waals surface area (Å²) in [6, 6.07) is 3.44. The second kappa shape index (κ2) is 7.10. The van der Waals surface area contributed by atoms with Crippen molar-refractivity contribution in [1.29, 1.82) is 5.26 Å². The predicted molar refractivity (Wildman–Crippen MR) is 85.8 cm³/mol. The molecule has 0 amide bonds. The van der Waals surface area contributed by atoms with Crippen molar-refractivity contribution in [3.8, 4) is 23.2 Å². The van der Waals surface area contributed by atoms with Crippen molar-refractivity contribution in [3.63, 3.8) is 0 Å². The molecule has 0 spiro atoms. The van der Waals surface area contributed by atoms with Gasteiger partial charge in [0.25, 0.3) is 0 Å². The third-order valence-corrected chi connectivity index (χ3v) is 3.93. The van der Waals surface area contributed by atoms with Crippen LogP contribution < -0.4 is 14.2 Å². The first-order valence-electron chi connectivity index (χ1n) is 7.12. The van der Waals surface area contributed by atoms with E-state index in [1.165, 1.54) is 21.3 Å². The molecule has 23 heavy (non-hydrogen) atoms. The van der Waals surface area contributed by atoms with Gasteiger partial charge in [0, 0.05) is 23.6 Å². The quantitative estimate of drug-likeness (QED) is 0.612. The van der Waals surface area contributed by atoms with Gasteiger partial charge in [0.1, 0.15) is 17.2 Å². The van der Waals surface area contributed by atoms with E-state index in [4.69, 9.17) is 18.9 Å². The van der Waals surface area contributed by atoms with Gasteiger partial charge >= 0.3 is 12.7 Å². The zero-order chi connectivity index (χ0) is 17.0. The van der Waals surface area contributed by atoms with Gasteiger partial charge in [-0.1, -0.05) is 6.32 Å². The highest BCUT2D eigenvalue weighted by atomic mass is 16.5. The Morgan fingerprint density at radius 3 is 2.17 bits per heavy atom. The molecule has 7 heteroatoms. The van der Waals surface area contributed by atoms with E-state index in [1.54, 1.807) is 19.2 Å². The minimum atomic E-state index is -0.496. The maximum Gasteiger partial charge on any atom is 0.326 e. The zero-order valence-corrected chi connectivity index (χ0v) is 13.6. The molecule has 1 heterocycles. The molecule has 2 rings (SSSR count). The van der Waals surface area contributed by atoms with Crippen LogP contribution in [0.25, 0.3) is 5.57 Å². The van der Waals surface area contributed by atoms with Crippen LogP contribution in [0.15, 0.2) is 17.6 Å². The highest BCUT2D eigenvalue weighted by Gasteiger charge is 2.37. The highest BCUT2D eigenvalue weighted by molar-refractivity contribution is 6.81. The number of carbonyl (C=O) groups is 1. The molecular weight excluding hydrogens is 297 g/mol. The molecule has 0 unspecified atom stereocenters. The van der Waals surface area contributed by atoms with E-state index in [-0.39, 0.29) is 0 Å². The van der Waals surface area contributed by atoms with Crippen molar-refractivity contribution in [3.05, 3.63) is 23.2 Å². The molecule has 0 radical (unpaired) electrons. The Bertz CT molecular complexity index is 667. The highest BCUT2D eigenvalue weighted by Crippen LogP contribution is 2.45. The molecule has 0 fully saturated rings. The van der Waals surface area contributed by atoms with Crippen LogP contribution in [-0.4, -0.2) is 41.1 Å². The molecule has 1 aliphatic rings. The number of esters is 1. The van der Waals surface area contributed by atoms with Crippen molar-refractivity contribution in [2.75, 3.05) is 28.4 Å². The van der Waals surface area contributed by atoms with Crippen molar-refractivity contribution >= 4 is 18.3 Å². The van der Waals surface area contributed by atoms with Gasteiger partial charge in [0.15, 0.2) is 0 Å². The van der Waals surface area contributed by atoms with Gasteiger partial charge in [0.05, 0.1) is 34.0 Å². The molecule has 1 aromatic rings. The molecule has 6 nitrogen and oxygen atoms in total. The molecule has 1 aromatic carbocycles. The molecular formula is C16H18BNO5. The Morgan fingerprint density at radius 2 is 1.74 bits per heavy atom. The Morgan fingerprint density at radius 1 is 1.13 bits per heavy atom. The van der Waals surface area contributed by atoms with Gasteiger partial charge in [0.2, 0.25) is 0 Å². The number of nitriles is 1. The van der Waals surface area contributed by atoms with Crippen molar-refractivity contribution in [1.82, 2.24) is 0 Å². The first kappa shape index (κ1) is 16.8. The zero-order valence-electron chi connectivity index (χ0n) is 13.6. The number of rotatable bonds is 5. The minimum Gasteiger partial charge on any atom is -0.496 e. The summed E-state index contributed by atoms with van der Waals surface area (Å²) in [5.41, 5.74) is 1.76. The van der Waals surface area contributed by atoms with Crippen LogP contribution in [0.4, 0.5) is 0 Å². The van der Waals surface area contributed by atoms with E-state index in [1.807, 2.05) is 0 Å². The third kappa shape index (κ3) is 2.97. The van der Waals surface area contributed by atoms with E-state index >= 15 is 0 Å². The lowest BCUT2D eigenvalue weighted by atomic mass is 9.46. The lowest BCUT2D eigenvalue weighted by Crippen LogP contribution is -2.19. The van der Waals surface area contributed by atoms with Crippen LogP contribution in [0.1, 0.15) is 12.0 Å². The third-order valence-electron chi connectivity index (χ3n) is 3.93. The summed E-state index contributed by atoms with van der Waals surface area (Å²) in [7, 11) is 5.93. The molecule has 0 aromatic heterocycles. The summed E-state index contributed by atoms with van der Waals surface area (Å²) < 4.78 is 21.0. The number of carbonyl (C=O) groups excluding carboxylic acids is 1. The Hall–Kier alpha value is -2.62. The van der Waals surface area contributed by atoms with Crippen molar-refractivity contribution < 1.29 is 23.7 Å². The monoisotopic (exact) mass is 315 g/mol. The van der Waals surface area contributed by atoms with Crippen LogP contribution >= 0.6 is 0 Å². The van der Waals surface area contributed by atoms with Crippen LogP contribution in [0.3, 0.4) is 0 Å². The van der Waals surface area contributed by atoms with E-state index < -0.39 is 12.7 Å². The summed E-state index contributed by atoms with van der Waals surface area (Å²) in [5.74, 6) is 3.29. The maximum absolute atomic E-state index is 12.2. The molecule has 0 N–H and O–H groups in total. The number of nitrogens with zero attached hydrogens (tertiary/aromatic N) is 1. The minimum absolute atomic E-state index is 0.372. The van der Waals surface area contributed by atoms with Gasteiger partial charge in [-0.05, 0) is 12.0 Å². The molecule has 0 saturated heterocycles. The van der Waals surface area contributed by atoms with Crippen molar-refractivity contribution in [2.45, 2.75) is 12.7 Å². The number of allylic oxidation sites excluding steroid dienone is 1. The van der Waals surface area contributed by atoms with E-state index in [0.717, 1.165) is 5.57 Å². The summed E-state index contributed by atoms with van der Waals surface area (Å²) in [5, 5.41) is 9.31. The molecule has 0 aliphatic carbocycles. The standard InChI is InChI=1S/C16H18BNO5/c1-20-10-7-12(21-2)14(13(8-10)22-3)11-5-6-17(9-18)15(11)16(19)23-4/h7-8H,5-6H2,1-4H3. The average molecular weight is 315 g/mol. The Kier molecular flexibility index (Phi) is 5.17. The fraction of sp³-hybridized carbons (Fsp3) is 0.375. The summed E-state index contributed by atoms with van der Waals surface area (Å²) in [6.07, 6.45) is 1.14. The number of hydrogen-bond donors (Lipinski definition) is 0. The fourth-order valence-corrected chi connectivity index (χ4v) is 2.85. The van der Waals surface area contributed by atoms with Gasteiger partial charge in [-0.2, -0.15) is 0 Å². The summed E-state index contributed by atoms with van der Waals surface area (Å²) in [6.45, 7) is -0.492. The predicted octanol–water partition coefficient (Wildman–Crippen LogP) is 2.14. The van der Waals surface area contributed by atoms with Crippen LogP contribution in [0.2, 0.25) is 6.32 Å². The normalized spacial score (nSPS) is 13.6. The topological polar surface area (TPSA) is 77.8 Å². The van der Waals surface area contributed by atoms with Gasteiger partial charge in [-0.3, -0.25) is 0 Å². The number of benzene rings is 1. The average Bonchev–Trinajstić information content (AvgIpc) is 3.02. The molecule has 0 bridgehead atoms. The lowest BCUT2D eigenvalue weighted by Gasteiger charge is -2.17. The van der Waals surface area contributed by atoms with Crippen LogP contribution in [0, 0.1) is 11.2 Å². The summed E-state index contributed by atoms with van der Waals surface area (Å²) in [4.78, 5) is 12.2. The number of hydrogen-bond acceptors (Lipinski definition) is 6. The Labute approximate surface area is 135 Å². The lowest BCUT2D eigenvalue weighted by molar-refractivity contribution is -0.135. The second-order valence-electron chi connectivity index (χ2n) is 5.01. The molecule has 0 atom stereocenters. The van der Waals surface area contributed by atoms with E-state index in [0.29, 0.717) is 41.0 Å². The Balaban J connectivity index is 2.72. The van der Waals surface area contributed by atoms with E-state index in [2.05, 4.69) is 5.97 Å². The second-order valence-corrected chi connectivity index (χ2v) is 5.01. The van der Waals surface area contributed by atoms with Crippen molar-refractivity contribution in [2.24, 2.45) is 0 Å². The fourth-order valence-electron chi connectivity index (χ4n) is 2.85. The smallest absolute Gasteiger partial charge is 0.326 e. The molecule has 120 valence electrons. The van der Waals surface area contributed by atoms with Crippen LogP contribution in [-0.2, 0) is 9.53 Å². The van der Waals surface area contributed by atoms with Crippen LogP contribution in [0.5, 0.6) is 17.2 Å². The van der Waals surface area contributed by atoms with Gasteiger partial charge in [-0.15, -0.1) is 0 Å². The first-order chi connectivity index (χ1) is 11.1. The summed E-state index contributed by atoms with van der Waals surface area (Å²) >= 11 is 0. The molecule has 0 saturated carbocycles. The largest absolute Gasteiger partial charge is 0.496 e. The molecule has 1 aliphatic heterocycles. The number of methoxy groups -OCH3 is 4. The first-order valence-corrected chi connectivity index (χ1v) is 7.12. The SMILES string of the molecule is COC(=O)C1=C(c2c(OC)cc(OC)cc2OC)CCB1C#N. The van der Waals surface area contributed by atoms with E-state index in [9.17, 15) is 10.1 Å². The van der Waals surface area contributed by atoms with Gasteiger partial charge in [-0.25, -0.2) is 10.1 Å².